The van der Waals surface area contributed by atoms with E-state index in [0.717, 1.165) is 6.42 Å². The fraction of sp³-hybridized carbons (Fsp3) is 0.480. The topological polar surface area (TPSA) is 107 Å². The van der Waals surface area contributed by atoms with Crippen LogP contribution in [0.4, 0.5) is 0 Å². The third-order valence-corrected chi connectivity index (χ3v) is 9.51. The number of nitrogens with zero attached hydrogens (tertiary/aromatic N) is 1. The summed E-state index contributed by atoms with van der Waals surface area (Å²) in [6, 6.07) is 6.91. The van der Waals surface area contributed by atoms with Gasteiger partial charge in [0.1, 0.15) is 17.6 Å². The normalized spacial score (nSPS) is 30.9. The van der Waals surface area contributed by atoms with Crippen LogP contribution in [0.3, 0.4) is 0 Å². The van der Waals surface area contributed by atoms with Crippen LogP contribution in [0.5, 0.6) is 5.75 Å². The third-order valence-electron chi connectivity index (χ3n) is 8.22. The Morgan fingerprint density at radius 2 is 1.97 bits per heavy atom. The Labute approximate surface area is 198 Å². The second-order valence-electron chi connectivity index (χ2n) is 10.2. The van der Waals surface area contributed by atoms with E-state index in [0.29, 0.717) is 29.2 Å². The van der Waals surface area contributed by atoms with Crippen molar-refractivity contribution in [2.45, 2.75) is 39.2 Å². The van der Waals surface area contributed by atoms with Crippen molar-refractivity contribution in [1.29, 1.82) is 0 Å². The maximum atomic E-state index is 13.0. The van der Waals surface area contributed by atoms with Crippen molar-refractivity contribution in [3.05, 3.63) is 53.6 Å². The molecule has 1 aromatic carbocycles. The molecule has 34 heavy (non-hydrogen) atoms. The molecule has 1 heterocycles. The highest BCUT2D eigenvalue weighted by Gasteiger charge is 2.65. The molecule has 4 atom stereocenters. The van der Waals surface area contributed by atoms with Crippen LogP contribution in [0.25, 0.3) is 0 Å². The number of hydrogen-bond donors (Lipinski definition) is 0. The van der Waals surface area contributed by atoms with Crippen LogP contribution in [-0.2, 0) is 24.0 Å². The predicted molar refractivity (Wildman–Crippen MR) is 122 cm³/mol. The van der Waals surface area contributed by atoms with Crippen molar-refractivity contribution in [2.75, 3.05) is 12.8 Å². The van der Waals surface area contributed by atoms with Crippen molar-refractivity contribution in [1.82, 2.24) is 5.06 Å². The molecule has 2 saturated carbocycles. The van der Waals surface area contributed by atoms with E-state index >= 15 is 0 Å². The number of benzene rings is 1. The summed E-state index contributed by atoms with van der Waals surface area (Å²) in [4.78, 5) is 38.6. The summed E-state index contributed by atoms with van der Waals surface area (Å²) in [5, 5.41) is 0.656. The van der Waals surface area contributed by atoms with Gasteiger partial charge in [-0.1, -0.05) is 32.1 Å². The van der Waals surface area contributed by atoms with Crippen LogP contribution in [0.15, 0.2) is 48.1 Å². The van der Waals surface area contributed by atoms with Crippen LogP contribution in [0.1, 0.15) is 43.5 Å². The molecule has 0 spiro atoms. The number of Topliss-reactive ketones (excluding diaryl/α,β-unsaturated/α-hetero) is 2. The van der Waals surface area contributed by atoms with E-state index in [1.165, 1.54) is 19.2 Å². The molecule has 4 unspecified atom stereocenters. The lowest BCUT2D eigenvalue weighted by Crippen LogP contribution is -2.44. The molecule has 0 N–H and O–H groups in total. The summed E-state index contributed by atoms with van der Waals surface area (Å²) in [7, 11) is -3.01. The number of amides is 1. The summed E-state index contributed by atoms with van der Waals surface area (Å²) in [6.45, 7) is 3.88. The van der Waals surface area contributed by atoms with Gasteiger partial charge < -0.3 is 4.74 Å². The van der Waals surface area contributed by atoms with E-state index in [4.69, 9.17) is 9.02 Å². The number of para-hydroxylation sites is 1. The molecule has 1 amide bonds. The number of rotatable bonds is 5. The van der Waals surface area contributed by atoms with Gasteiger partial charge in [-0.15, -0.1) is 4.28 Å². The van der Waals surface area contributed by atoms with Gasteiger partial charge in [-0.2, -0.15) is 8.42 Å². The second-order valence-corrected chi connectivity index (χ2v) is 11.7. The molecule has 1 aliphatic heterocycles. The minimum absolute atomic E-state index is 0.0463. The zero-order valence-corrected chi connectivity index (χ0v) is 20.1. The quantitative estimate of drug-likeness (QED) is 0.590. The summed E-state index contributed by atoms with van der Waals surface area (Å²) < 4.78 is 36.9. The van der Waals surface area contributed by atoms with E-state index in [9.17, 15) is 22.8 Å². The van der Waals surface area contributed by atoms with Gasteiger partial charge in [-0.05, 0) is 48.5 Å². The monoisotopic (exact) mass is 485 g/mol. The Morgan fingerprint density at radius 3 is 2.65 bits per heavy atom. The molecule has 0 saturated heterocycles. The van der Waals surface area contributed by atoms with E-state index in [-0.39, 0.29) is 23.1 Å². The summed E-state index contributed by atoms with van der Waals surface area (Å²) in [5.41, 5.74) is -0.861. The number of likely N-dealkylation sites (N-methyl/N-ethyl adjacent to an activating group) is 1. The highest BCUT2D eigenvalue weighted by molar-refractivity contribution is 7.86. The number of fused-ring (bicyclic) bond motifs is 4. The van der Waals surface area contributed by atoms with Crippen LogP contribution >= 0.6 is 0 Å². The maximum absolute atomic E-state index is 13.0. The van der Waals surface area contributed by atoms with Gasteiger partial charge in [-0.25, -0.2) is 5.06 Å². The first kappa shape index (κ1) is 23.0. The zero-order valence-electron chi connectivity index (χ0n) is 19.3. The molecule has 2 bridgehead atoms. The smallest absolute Gasteiger partial charge is 0.289 e. The fourth-order valence-corrected chi connectivity index (χ4v) is 7.81. The summed E-state index contributed by atoms with van der Waals surface area (Å²) in [6.07, 6.45) is 5.76. The molecule has 3 aliphatic carbocycles. The number of hydroxylamine groups is 2. The van der Waals surface area contributed by atoms with Crippen molar-refractivity contribution in [3.8, 4) is 5.75 Å². The Kier molecular flexibility index (Phi) is 5.15. The standard InChI is InChI=1S/C25H27NO7S/c1-24(2)16-10-11-25(24,21(27)13-16)14-34(30,31)33-26(3)23(29)15-8-9-20-18(12-15)22(28)17-6-4-5-7-19(17)32-20/h4-9,12,16,18,20H,10-11,13-14H2,1-3H3. The first-order valence-corrected chi connectivity index (χ1v) is 13.0. The van der Waals surface area contributed by atoms with E-state index < -0.39 is 44.6 Å². The van der Waals surface area contributed by atoms with Crippen molar-refractivity contribution < 1.29 is 31.8 Å². The Hall–Kier alpha value is -2.78. The van der Waals surface area contributed by atoms with Crippen LogP contribution in [-0.4, -0.2) is 49.9 Å². The molecular weight excluding hydrogens is 458 g/mol. The molecule has 9 heteroatoms. The van der Waals surface area contributed by atoms with Crippen molar-refractivity contribution >= 4 is 27.6 Å². The average Bonchev–Trinajstić information content (AvgIpc) is 3.12. The van der Waals surface area contributed by atoms with Gasteiger partial charge in [0.25, 0.3) is 16.0 Å². The minimum Gasteiger partial charge on any atom is -0.484 e. The van der Waals surface area contributed by atoms with Gasteiger partial charge in [0, 0.05) is 19.0 Å². The molecular formula is C25H27NO7S. The zero-order chi connectivity index (χ0) is 24.5. The molecule has 5 rings (SSSR count). The third kappa shape index (κ3) is 3.36. The van der Waals surface area contributed by atoms with E-state index in [1.807, 2.05) is 13.8 Å². The lowest BCUT2D eigenvalue weighted by molar-refractivity contribution is -0.146. The van der Waals surface area contributed by atoms with Gasteiger partial charge in [0.15, 0.2) is 5.78 Å². The first-order valence-electron chi connectivity index (χ1n) is 11.4. The lowest BCUT2D eigenvalue weighted by Gasteiger charge is -2.36. The van der Waals surface area contributed by atoms with E-state index in [2.05, 4.69) is 0 Å². The Bertz CT molecular complexity index is 1260. The molecule has 4 aliphatic rings. The number of carbonyl (C=O) groups is 3. The van der Waals surface area contributed by atoms with Gasteiger partial charge in [0.05, 0.1) is 22.6 Å². The van der Waals surface area contributed by atoms with Gasteiger partial charge in [0.2, 0.25) is 0 Å². The van der Waals surface area contributed by atoms with Crippen LogP contribution in [0, 0.1) is 22.7 Å². The first-order chi connectivity index (χ1) is 15.9. The molecule has 1 aromatic rings. The van der Waals surface area contributed by atoms with Crippen molar-refractivity contribution in [3.63, 3.8) is 0 Å². The highest BCUT2D eigenvalue weighted by Crippen LogP contribution is 2.64. The molecule has 0 aromatic heterocycles. The Morgan fingerprint density at radius 1 is 1.24 bits per heavy atom. The molecule has 180 valence electrons. The highest BCUT2D eigenvalue weighted by atomic mass is 32.2. The van der Waals surface area contributed by atoms with Crippen molar-refractivity contribution in [2.24, 2.45) is 22.7 Å². The number of hydrogen-bond acceptors (Lipinski definition) is 7. The number of ketones is 2. The minimum atomic E-state index is -4.23. The van der Waals surface area contributed by atoms with Crippen LogP contribution in [0.2, 0.25) is 0 Å². The fourth-order valence-electron chi connectivity index (χ4n) is 6.06. The number of ether oxygens (including phenoxy) is 1. The lowest BCUT2D eigenvalue weighted by atomic mass is 9.70. The van der Waals surface area contributed by atoms with Gasteiger partial charge >= 0.3 is 0 Å². The maximum Gasteiger partial charge on any atom is 0.289 e. The van der Waals surface area contributed by atoms with Crippen LogP contribution < -0.4 is 4.74 Å². The number of carbonyl (C=O) groups excluding carboxylic acids is 3. The van der Waals surface area contributed by atoms with E-state index in [1.54, 1.807) is 30.3 Å². The SMILES string of the molecule is CN(OS(=O)(=O)CC12CCC(CC1=O)C2(C)C)C(=O)C1=CC2C(=O)c3ccccc3OC2C=C1. The molecule has 2 fully saturated rings. The molecule has 8 nitrogen and oxygen atoms in total. The largest absolute Gasteiger partial charge is 0.484 e. The predicted octanol–water partition coefficient (Wildman–Crippen LogP) is 2.86. The summed E-state index contributed by atoms with van der Waals surface area (Å²) in [5.74, 6) is -1.42. The Balaban J connectivity index is 1.32. The van der Waals surface area contributed by atoms with Gasteiger partial charge in [-0.3, -0.25) is 14.4 Å². The second kappa shape index (κ2) is 7.61. The average molecular weight is 486 g/mol. The summed E-state index contributed by atoms with van der Waals surface area (Å²) >= 11 is 0. The molecule has 0 radical (unpaired) electrons.